The zero-order valence-corrected chi connectivity index (χ0v) is 21.0. The van der Waals surface area contributed by atoms with Crippen LogP contribution in [0.4, 0.5) is 0 Å². The van der Waals surface area contributed by atoms with Crippen LogP contribution in [0.15, 0.2) is 18.2 Å². The van der Waals surface area contributed by atoms with Crippen molar-refractivity contribution in [1.29, 1.82) is 0 Å². The lowest BCUT2D eigenvalue weighted by atomic mass is 9.97. The molecule has 6 atom stereocenters. The molecule has 36 heavy (non-hydrogen) atoms. The molecule has 3 aliphatic rings. The Morgan fingerprint density at radius 1 is 0.972 bits per heavy atom. The van der Waals surface area contributed by atoms with Gasteiger partial charge in [0.15, 0.2) is 36.1 Å². The van der Waals surface area contributed by atoms with Crippen LogP contribution in [0.25, 0.3) is 0 Å². The number of hydrogen-bond acceptors (Lipinski definition) is 12. The Morgan fingerprint density at radius 2 is 1.61 bits per heavy atom. The van der Waals surface area contributed by atoms with Gasteiger partial charge in [-0.2, -0.15) is 0 Å². The number of fused-ring (bicyclic) bond motifs is 1. The number of rotatable bonds is 7. The van der Waals surface area contributed by atoms with E-state index in [-0.39, 0.29) is 30.4 Å². The molecule has 0 spiro atoms. The lowest BCUT2D eigenvalue weighted by Crippen LogP contribution is -2.63. The van der Waals surface area contributed by atoms with Gasteiger partial charge in [0.2, 0.25) is 12.7 Å². The van der Waals surface area contributed by atoms with Gasteiger partial charge in [-0.1, -0.05) is 6.07 Å². The summed E-state index contributed by atoms with van der Waals surface area (Å²) in [6.07, 6.45) is -5.73. The highest BCUT2D eigenvalue weighted by Gasteiger charge is 2.53. The summed E-state index contributed by atoms with van der Waals surface area (Å²) in [7, 11) is 1.33. The van der Waals surface area contributed by atoms with Crippen molar-refractivity contribution in [2.75, 3.05) is 26.2 Å². The maximum absolute atomic E-state index is 12.9. The molecule has 0 saturated carbocycles. The quantitative estimate of drug-likeness (QED) is 0.373. The number of hydrogen-bond donors (Lipinski definition) is 0. The molecule has 0 unspecified atom stereocenters. The fraction of sp³-hybridized carbons (Fsp3) is 0.565. The van der Waals surface area contributed by atoms with Crippen molar-refractivity contribution in [2.24, 2.45) is 0 Å². The fourth-order valence-electron chi connectivity index (χ4n) is 4.38. The first-order chi connectivity index (χ1) is 17.2. The van der Waals surface area contributed by atoms with Crippen molar-refractivity contribution in [2.45, 2.75) is 56.9 Å². The molecule has 0 aromatic heterocycles. The number of thioether (sulfide) groups is 1. The van der Waals surface area contributed by atoms with Gasteiger partial charge in [-0.25, -0.2) is 0 Å². The molecule has 1 aromatic carbocycles. The van der Waals surface area contributed by atoms with Crippen molar-refractivity contribution in [3.63, 3.8) is 0 Å². The van der Waals surface area contributed by atoms with Crippen LogP contribution >= 0.6 is 11.8 Å². The molecule has 12 nitrogen and oxygen atoms in total. The number of ether oxygens (including phenoxy) is 7. The molecule has 0 radical (unpaired) electrons. The van der Waals surface area contributed by atoms with Crippen LogP contribution in [-0.4, -0.2) is 85.6 Å². The fourth-order valence-corrected chi connectivity index (χ4v) is 5.57. The van der Waals surface area contributed by atoms with E-state index in [0.717, 1.165) is 5.56 Å². The smallest absolute Gasteiger partial charge is 0.303 e. The zero-order valence-electron chi connectivity index (χ0n) is 20.2. The molecular weight excluding hydrogens is 498 g/mol. The standard InChI is InChI=1S/C23H27NO11S/c1-11(25)32-19-17(35-23(29-4)21(34-13(3)27)20(19)33-12(2)26)8-24-18(28)9-36-22(24)14-5-6-15-16(7-14)31-10-30-15/h5-7,17,19-23H,8-10H2,1-4H3/t17-,19-,20+,21-,22-,23+/m1/s1. The number of carbonyl (C=O) groups is 4. The molecule has 4 rings (SSSR count). The maximum Gasteiger partial charge on any atom is 0.303 e. The lowest BCUT2D eigenvalue weighted by molar-refractivity contribution is -0.299. The molecule has 3 aliphatic heterocycles. The normalized spacial score (nSPS) is 29.1. The Bertz CT molecular complexity index is 1030. The van der Waals surface area contributed by atoms with Crippen molar-refractivity contribution in [3.8, 4) is 11.5 Å². The van der Waals surface area contributed by atoms with E-state index in [9.17, 15) is 19.2 Å². The van der Waals surface area contributed by atoms with Gasteiger partial charge in [0, 0.05) is 27.9 Å². The maximum atomic E-state index is 12.9. The van der Waals surface area contributed by atoms with E-state index < -0.39 is 48.6 Å². The number of nitrogens with zero attached hydrogens (tertiary/aromatic N) is 1. The van der Waals surface area contributed by atoms with E-state index in [1.165, 1.54) is 39.6 Å². The van der Waals surface area contributed by atoms with Crippen molar-refractivity contribution < 1.29 is 52.3 Å². The first-order valence-corrected chi connectivity index (χ1v) is 12.2. The summed E-state index contributed by atoms with van der Waals surface area (Å²) in [6, 6.07) is 5.44. The van der Waals surface area contributed by atoms with Gasteiger partial charge >= 0.3 is 17.9 Å². The average molecular weight is 526 g/mol. The zero-order chi connectivity index (χ0) is 26.0. The number of benzene rings is 1. The minimum absolute atomic E-state index is 0.0205. The second-order valence-corrected chi connectivity index (χ2v) is 9.39. The average Bonchev–Trinajstić information content (AvgIpc) is 3.42. The summed E-state index contributed by atoms with van der Waals surface area (Å²) in [5.74, 6) is -0.758. The van der Waals surface area contributed by atoms with Crippen LogP contribution in [0.1, 0.15) is 31.7 Å². The summed E-state index contributed by atoms with van der Waals surface area (Å²) < 4.78 is 38.5. The van der Waals surface area contributed by atoms with E-state index in [0.29, 0.717) is 11.5 Å². The van der Waals surface area contributed by atoms with Crippen molar-refractivity contribution >= 4 is 35.6 Å². The monoisotopic (exact) mass is 525 g/mol. The number of methoxy groups -OCH3 is 1. The predicted octanol–water partition coefficient (Wildman–Crippen LogP) is 1.16. The van der Waals surface area contributed by atoms with Crippen LogP contribution in [0.3, 0.4) is 0 Å². The minimum atomic E-state index is -1.23. The summed E-state index contributed by atoms with van der Waals surface area (Å²) in [6.45, 7) is 3.65. The highest BCUT2D eigenvalue weighted by atomic mass is 32.2. The Balaban J connectivity index is 1.64. The van der Waals surface area contributed by atoms with Gasteiger partial charge in [0.05, 0.1) is 12.3 Å². The van der Waals surface area contributed by atoms with E-state index in [2.05, 4.69) is 0 Å². The van der Waals surface area contributed by atoms with Crippen LogP contribution in [0.5, 0.6) is 11.5 Å². The van der Waals surface area contributed by atoms with Gasteiger partial charge in [0.25, 0.3) is 0 Å². The summed E-state index contributed by atoms with van der Waals surface area (Å²) in [5.41, 5.74) is 0.813. The number of carbonyl (C=O) groups excluding carboxylic acids is 4. The van der Waals surface area contributed by atoms with E-state index in [1.807, 2.05) is 12.1 Å². The third kappa shape index (κ3) is 5.52. The van der Waals surface area contributed by atoms with Gasteiger partial charge in [-0.3, -0.25) is 19.2 Å². The summed E-state index contributed by atoms with van der Waals surface area (Å²) >= 11 is 1.42. The van der Waals surface area contributed by atoms with E-state index >= 15 is 0 Å². The molecule has 0 bridgehead atoms. The molecule has 0 aliphatic carbocycles. The third-order valence-corrected chi connectivity index (χ3v) is 7.01. The van der Waals surface area contributed by atoms with E-state index in [1.54, 1.807) is 11.0 Å². The molecule has 1 amide bonds. The highest BCUT2D eigenvalue weighted by molar-refractivity contribution is 8.00. The van der Waals surface area contributed by atoms with Gasteiger partial charge in [0.1, 0.15) is 11.5 Å². The molecule has 3 heterocycles. The second-order valence-electron chi connectivity index (χ2n) is 8.32. The van der Waals surface area contributed by atoms with Crippen LogP contribution in [0.2, 0.25) is 0 Å². The van der Waals surface area contributed by atoms with Crippen molar-refractivity contribution in [1.82, 2.24) is 4.90 Å². The van der Waals surface area contributed by atoms with Gasteiger partial charge < -0.3 is 38.1 Å². The third-order valence-electron chi connectivity index (χ3n) is 5.76. The first kappa shape index (κ1) is 26.0. The first-order valence-electron chi connectivity index (χ1n) is 11.2. The summed E-state index contributed by atoms with van der Waals surface area (Å²) in [4.78, 5) is 50.2. The SMILES string of the molecule is CO[C@H]1O[C@H](CN2C(=O)CS[C@@H]2c2ccc3c(c2)OCO3)[C@@H](OC(C)=O)[C@H](OC(C)=O)[C@H]1OC(C)=O. The van der Waals surface area contributed by atoms with Gasteiger partial charge in [-0.05, 0) is 17.7 Å². The largest absolute Gasteiger partial charge is 0.456 e. The Kier molecular flexibility index (Phi) is 7.91. The Hall–Kier alpha value is -3.03. The summed E-state index contributed by atoms with van der Waals surface area (Å²) in [5, 5.41) is -0.382. The Morgan fingerprint density at radius 3 is 2.28 bits per heavy atom. The molecule has 2 fully saturated rings. The van der Waals surface area contributed by atoms with Crippen LogP contribution in [-0.2, 0) is 42.9 Å². The van der Waals surface area contributed by atoms with Gasteiger partial charge in [-0.15, -0.1) is 11.8 Å². The highest BCUT2D eigenvalue weighted by Crippen LogP contribution is 2.43. The van der Waals surface area contributed by atoms with Crippen LogP contribution < -0.4 is 9.47 Å². The molecular formula is C23H27NO11S. The lowest BCUT2D eigenvalue weighted by Gasteiger charge is -2.45. The minimum Gasteiger partial charge on any atom is -0.456 e. The molecule has 196 valence electrons. The van der Waals surface area contributed by atoms with Crippen molar-refractivity contribution in [3.05, 3.63) is 23.8 Å². The Labute approximate surface area is 211 Å². The second kappa shape index (κ2) is 10.9. The molecule has 0 N–H and O–H groups in total. The number of esters is 3. The molecule has 1 aromatic rings. The predicted molar refractivity (Wildman–Crippen MR) is 122 cm³/mol. The molecule has 2 saturated heterocycles. The van der Waals surface area contributed by atoms with Crippen LogP contribution in [0, 0.1) is 0 Å². The van der Waals surface area contributed by atoms with E-state index in [4.69, 9.17) is 33.2 Å². The molecule has 13 heteroatoms. The topological polar surface area (TPSA) is 136 Å². The number of amides is 1.